The molecular formula is C14H13Cl2N2O2+. The molecule has 104 valence electrons. The molecule has 0 amide bonds. The van der Waals surface area contributed by atoms with Gasteiger partial charge in [-0.25, -0.2) is 4.98 Å². The van der Waals surface area contributed by atoms with Crippen molar-refractivity contribution in [2.24, 2.45) is 0 Å². The molecule has 0 aliphatic heterocycles. The first-order chi connectivity index (χ1) is 9.56. The van der Waals surface area contributed by atoms with Gasteiger partial charge in [0.1, 0.15) is 11.4 Å². The number of benzene rings is 1. The Kier molecular flexibility index (Phi) is 4.82. The molecule has 0 atom stereocenters. The first-order valence-corrected chi connectivity index (χ1v) is 6.60. The Morgan fingerprint density at radius 2 is 1.95 bits per heavy atom. The average molecular weight is 312 g/mol. The SMILES string of the molecule is CC(c1ccc(O)cn1)=[N+](Cl)OCc1ccc(Cl)cc1. The molecule has 2 aromatic rings. The van der Waals surface area contributed by atoms with Crippen molar-refractivity contribution < 1.29 is 14.2 Å². The molecule has 0 fully saturated rings. The van der Waals surface area contributed by atoms with Crippen LogP contribution in [0.3, 0.4) is 0 Å². The number of aromatic nitrogens is 1. The molecule has 0 unspecified atom stereocenters. The van der Waals surface area contributed by atoms with Crippen molar-refractivity contribution in [2.75, 3.05) is 0 Å². The van der Waals surface area contributed by atoms with Crippen molar-refractivity contribution >= 4 is 29.1 Å². The number of halogens is 2. The van der Waals surface area contributed by atoms with Crippen molar-refractivity contribution in [1.82, 2.24) is 4.98 Å². The molecule has 4 nitrogen and oxygen atoms in total. The molecule has 20 heavy (non-hydrogen) atoms. The van der Waals surface area contributed by atoms with Crippen LogP contribution in [0, 0.1) is 0 Å². The van der Waals surface area contributed by atoms with Crippen molar-refractivity contribution in [2.45, 2.75) is 13.5 Å². The zero-order valence-corrected chi connectivity index (χ0v) is 12.3. The normalized spacial score (nSPS) is 11.9. The summed E-state index contributed by atoms with van der Waals surface area (Å²) in [6.07, 6.45) is 1.35. The van der Waals surface area contributed by atoms with Gasteiger partial charge < -0.3 is 5.11 Å². The number of pyridine rings is 1. The fourth-order valence-corrected chi connectivity index (χ4v) is 1.76. The topological polar surface area (TPSA) is 45.4 Å². The van der Waals surface area contributed by atoms with Crippen molar-refractivity contribution in [3.63, 3.8) is 0 Å². The van der Waals surface area contributed by atoms with Gasteiger partial charge >= 0.3 is 11.8 Å². The van der Waals surface area contributed by atoms with Gasteiger partial charge in [-0.1, -0.05) is 23.7 Å². The lowest BCUT2D eigenvalue weighted by atomic mass is 10.2. The van der Waals surface area contributed by atoms with Crippen molar-refractivity contribution in [3.8, 4) is 5.75 Å². The van der Waals surface area contributed by atoms with Crippen LogP contribution in [-0.2, 0) is 11.4 Å². The Morgan fingerprint density at radius 3 is 2.55 bits per heavy atom. The molecule has 0 radical (unpaired) electrons. The maximum atomic E-state index is 9.19. The maximum Gasteiger partial charge on any atom is 0.319 e. The Bertz CT molecular complexity index is 610. The van der Waals surface area contributed by atoms with Gasteiger partial charge in [-0.05, 0) is 29.8 Å². The molecule has 0 spiro atoms. The summed E-state index contributed by atoms with van der Waals surface area (Å²) in [4.78, 5) is 9.49. The molecule has 0 saturated heterocycles. The summed E-state index contributed by atoms with van der Waals surface area (Å²) < 4.78 is 1.13. The molecule has 0 saturated carbocycles. The summed E-state index contributed by atoms with van der Waals surface area (Å²) in [6.45, 7) is 2.09. The van der Waals surface area contributed by atoms with Crippen LogP contribution >= 0.6 is 23.4 Å². The molecule has 1 aromatic heterocycles. The molecule has 1 heterocycles. The minimum Gasteiger partial charge on any atom is -0.506 e. The summed E-state index contributed by atoms with van der Waals surface area (Å²) in [5.74, 6) is 0.102. The molecule has 0 aliphatic rings. The largest absolute Gasteiger partial charge is 0.506 e. The Hall–Kier alpha value is -1.78. The number of aromatic hydroxyl groups is 1. The van der Waals surface area contributed by atoms with Crippen LogP contribution in [0.15, 0.2) is 42.6 Å². The third kappa shape index (κ3) is 3.85. The zero-order valence-electron chi connectivity index (χ0n) is 10.8. The quantitative estimate of drug-likeness (QED) is 0.533. The van der Waals surface area contributed by atoms with Gasteiger partial charge in [-0.2, -0.15) is 0 Å². The van der Waals surface area contributed by atoms with Crippen LogP contribution in [0.2, 0.25) is 5.02 Å². The van der Waals surface area contributed by atoms with Gasteiger partial charge in [0.2, 0.25) is 0 Å². The van der Waals surface area contributed by atoms with Crippen molar-refractivity contribution in [1.29, 1.82) is 0 Å². The van der Waals surface area contributed by atoms with Crippen LogP contribution in [0.25, 0.3) is 0 Å². The standard InChI is InChI=1S/C14H12Cl2N2O2/c1-10(14-7-6-13(19)8-17-14)18(16)20-9-11-2-4-12(15)5-3-11/h2-8H,9H2,1H3/p+1. The van der Waals surface area contributed by atoms with Crippen LogP contribution in [0.5, 0.6) is 5.75 Å². The highest BCUT2D eigenvalue weighted by Gasteiger charge is 2.15. The fourth-order valence-electron chi connectivity index (χ4n) is 1.50. The van der Waals surface area contributed by atoms with E-state index in [9.17, 15) is 5.11 Å². The lowest BCUT2D eigenvalue weighted by Crippen LogP contribution is -2.13. The number of hydrogen-bond donors (Lipinski definition) is 1. The highest BCUT2D eigenvalue weighted by atomic mass is 35.5. The van der Waals surface area contributed by atoms with Gasteiger partial charge in [-0.15, -0.1) is 0 Å². The van der Waals surface area contributed by atoms with Crippen molar-refractivity contribution in [3.05, 3.63) is 58.9 Å². The Morgan fingerprint density at radius 1 is 1.25 bits per heavy atom. The van der Waals surface area contributed by atoms with Gasteiger partial charge in [0, 0.05) is 11.9 Å². The predicted molar refractivity (Wildman–Crippen MR) is 78.0 cm³/mol. The van der Waals surface area contributed by atoms with E-state index >= 15 is 0 Å². The van der Waals surface area contributed by atoms with E-state index in [4.69, 9.17) is 28.2 Å². The van der Waals surface area contributed by atoms with E-state index in [0.29, 0.717) is 23.0 Å². The molecule has 6 heteroatoms. The molecule has 1 aromatic carbocycles. The van der Waals surface area contributed by atoms with Crippen LogP contribution in [-0.4, -0.2) is 20.1 Å². The third-order valence-corrected chi connectivity index (χ3v) is 3.24. The third-order valence-electron chi connectivity index (χ3n) is 2.64. The highest BCUT2D eigenvalue weighted by Crippen LogP contribution is 2.11. The lowest BCUT2D eigenvalue weighted by molar-refractivity contribution is -0.688. The lowest BCUT2D eigenvalue weighted by Gasteiger charge is -2.00. The van der Waals surface area contributed by atoms with E-state index in [1.165, 1.54) is 12.3 Å². The van der Waals surface area contributed by atoms with E-state index < -0.39 is 0 Å². The minimum atomic E-state index is 0.102. The van der Waals surface area contributed by atoms with Gasteiger partial charge in [0.05, 0.1) is 10.5 Å². The van der Waals surface area contributed by atoms with Crippen LogP contribution in [0.4, 0.5) is 0 Å². The number of hydrogen-bond acceptors (Lipinski definition) is 3. The zero-order chi connectivity index (χ0) is 14.5. The fraction of sp³-hybridized carbons (Fsp3) is 0.143. The van der Waals surface area contributed by atoms with Crippen LogP contribution < -0.4 is 0 Å². The Balaban J connectivity index is 2.06. The monoisotopic (exact) mass is 311 g/mol. The second-order valence-electron chi connectivity index (χ2n) is 4.13. The second kappa shape index (κ2) is 6.59. The van der Waals surface area contributed by atoms with E-state index in [-0.39, 0.29) is 5.75 Å². The van der Waals surface area contributed by atoms with E-state index in [1.54, 1.807) is 25.1 Å². The van der Waals surface area contributed by atoms with Gasteiger partial charge in [0.25, 0.3) is 5.71 Å². The Labute approximate surface area is 126 Å². The summed E-state index contributed by atoms with van der Waals surface area (Å²) in [5.41, 5.74) is 2.20. The summed E-state index contributed by atoms with van der Waals surface area (Å²) in [7, 11) is 0. The smallest absolute Gasteiger partial charge is 0.319 e. The first kappa shape index (κ1) is 14.6. The van der Waals surface area contributed by atoms with E-state index in [2.05, 4.69) is 4.98 Å². The van der Waals surface area contributed by atoms with E-state index in [1.807, 2.05) is 12.1 Å². The summed E-state index contributed by atoms with van der Waals surface area (Å²) in [5, 5.41) is 9.86. The molecule has 0 bridgehead atoms. The number of nitrogens with zero attached hydrogens (tertiary/aromatic N) is 2. The second-order valence-corrected chi connectivity index (χ2v) is 4.88. The average Bonchev–Trinajstić information content (AvgIpc) is 2.46. The van der Waals surface area contributed by atoms with Gasteiger partial charge in [0.15, 0.2) is 6.61 Å². The first-order valence-electron chi connectivity index (χ1n) is 5.88. The molecular weight excluding hydrogens is 299 g/mol. The predicted octanol–water partition coefficient (Wildman–Crippen LogP) is 3.55. The number of rotatable bonds is 4. The van der Waals surface area contributed by atoms with Gasteiger partial charge in [-0.3, -0.25) is 4.84 Å². The molecule has 0 aliphatic carbocycles. The van der Waals surface area contributed by atoms with Crippen LogP contribution in [0.1, 0.15) is 18.2 Å². The maximum absolute atomic E-state index is 9.19. The highest BCUT2D eigenvalue weighted by molar-refractivity contribution is 6.30. The van der Waals surface area contributed by atoms with E-state index in [0.717, 1.165) is 9.82 Å². The summed E-state index contributed by atoms with van der Waals surface area (Å²) >= 11 is 11.8. The summed E-state index contributed by atoms with van der Waals surface area (Å²) in [6, 6.07) is 10.5. The minimum absolute atomic E-state index is 0.102. The molecule has 1 N–H and O–H groups in total. The molecule has 2 rings (SSSR count).